The van der Waals surface area contributed by atoms with E-state index in [4.69, 9.17) is 4.74 Å². The van der Waals surface area contributed by atoms with Gasteiger partial charge in [-0.25, -0.2) is 4.79 Å². The number of carbonyl (C=O) groups is 1. The summed E-state index contributed by atoms with van der Waals surface area (Å²) in [4.78, 5) is 11.6. The van der Waals surface area contributed by atoms with Gasteiger partial charge in [0, 0.05) is 13.1 Å². The Labute approximate surface area is 119 Å². The molecule has 2 rings (SSSR count). The predicted octanol–water partition coefficient (Wildman–Crippen LogP) is 1.66. The zero-order chi connectivity index (χ0) is 14.4. The topological polar surface area (TPSA) is 70.6 Å². The standard InChI is InChI=1S/C15H22N2O3/c1-20-13-6-2-11(3-7-13)10-17-15(19)16-9-8-14(18)12-4-5-12/h2-3,6-7,12,14,18H,4-5,8-10H2,1H3,(H2,16,17,19)/t14-/m1/s1. The smallest absolute Gasteiger partial charge is 0.315 e. The Morgan fingerprint density at radius 2 is 2.05 bits per heavy atom. The van der Waals surface area contributed by atoms with Crippen LogP contribution in [0, 0.1) is 5.92 Å². The van der Waals surface area contributed by atoms with Crippen molar-refractivity contribution in [3.8, 4) is 5.75 Å². The minimum atomic E-state index is -0.267. The van der Waals surface area contributed by atoms with Crippen molar-refractivity contribution in [1.82, 2.24) is 10.6 Å². The Kier molecular flexibility index (Phi) is 5.24. The summed E-state index contributed by atoms with van der Waals surface area (Å²) in [6.45, 7) is 0.979. The van der Waals surface area contributed by atoms with Gasteiger partial charge in [-0.05, 0) is 42.9 Å². The molecule has 0 unspecified atom stereocenters. The molecule has 5 nitrogen and oxygen atoms in total. The predicted molar refractivity (Wildman–Crippen MR) is 76.6 cm³/mol. The van der Waals surface area contributed by atoms with Gasteiger partial charge in [0.1, 0.15) is 5.75 Å². The lowest BCUT2D eigenvalue weighted by molar-refractivity contribution is 0.141. The number of amides is 2. The molecule has 0 heterocycles. The molecule has 1 aliphatic carbocycles. The largest absolute Gasteiger partial charge is 0.497 e. The highest BCUT2D eigenvalue weighted by atomic mass is 16.5. The van der Waals surface area contributed by atoms with Crippen molar-refractivity contribution in [3.63, 3.8) is 0 Å². The van der Waals surface area contributed by atoms with Gasteiger partial charge >= 0.3 is 6.03 Å². The van der Waals surface area contributed by atoms with Gasteiger partial charge in [-0.2, -0.15) is 0 Å². The van der Waals surface area contributed by atoms with Crippen LogP contribution in [0.4, 0.5) is 4.79 Å². The van der Waals surface area contributed by atoms with Crippen LogP contribution in [0.2, 0.25) is 0 Å². The van der Waals surface area contributed by atoms with Crippen LogP contribution >= 0.6 is 0 Å². The molecule has 1 saturated carbocycles. The highest BCUT2D eigenvalue weighted by Crippen LogP contribution is 2.33. The number of aliphatic hydroxyl groups excluding tert-OH is 1. The molecule has 20 heavy (non-hydrogen) atoms. The van der Waals surface area contributed by atoms with E-state index in [0.717, 1.165) is 24.2 Å². The molecular formula is C15H22N2O3. The van der Waals surface area contributed by atoms with Crippen molar-refractivity contribution in [2.75, 3.05) is 13.7 Å². The number of rotatable bonds is 7. The van der Waals surface area contributed by atoms with Gasteiger partial charge in [-0.15, -0.1) is 0 Å². The normalized spacial score (nSPS) is 15.5. The van der Waals surface area contributed by atoms with Crippen LogP contribution < -0.4 is 15.4 Å². The maximum Gasteiger partial charge on any atom is 0.315 e. The Bertz CT molecular complexity index is 429. The lowest BCUT2D eigenvalue weighted by Gasteiger charge is -2.11. The van der Waals surface area contributed by atoms with Crippen molar-refractivity contribution in [1.29, 1.82) is 0 Å². The second kappa shape index (κ2) is 7.14. The number of hydrogen-bond acceptors (Lipinski definition) is 3. The molecule has 1 aliphatic rings. The quantitative estimate of drug-likeness (QED) is 0.710. The highest BCUT2D eigenvalue weighted by Gasteiger charge is 2.29. The first-order valence-electron chi connectivity index (χ1n) is 7.01. The minimum absolute atomic E-state index is 0.205. The third kappa shape index (κ3) is 4.74. The van der Waals surface area contributed by atoms with Crippen molar-refractivity contribution in [2.24, 2.45) is 5.92 Å². The van der Waals surface area contributed by atoms with E-state index < -0.39 is 0 Å². The number of methoxy groups -OCH3 is 1. The van der Waals surface area contributed by atoms with Gasteiger partial charge < -0.3 is 20.5 Å². The molecule has 2 amide bonds. The van der Waals surface area contributed by atoms with Gasteiger partial charge in [-0.1, -0.05) is 12.1 Å². The molecule has 0 saturated heterocycles. The zero-order valence-electron chi connectivity index (χ0n) is 11.8. The van der Waals surface area contributed by atoms with Gasteiger partial charge in [0.15, 0.2) is 0 Å². The van der Waals surface area contributed by atoms with Crippen molar-refractivity contribution in [2.45, 2.75) is 31.9 Å². The maximum absolute atomic E-state index is 11.6. The molecule has 110 valence electrons. The zero-order valence-corrected chi connectivity index (χ0v) is 11.8. The van der Waals surface area contributed by atoms with Crippen LogP contribution in [0.1, 0.15) is 24.8 Å². The van der Waals surface area contributed by atoms with Gasteiger partial charge in [0.25, 0.3) is 0 Å². The summed E-state index contributed by atoms with van der Waals surface area (Å²) >= 11 is 0. The summed E-state index contributed by atoms with van der Waals surface area (Å²) < 4.78 is 5.07. The van der Waals surface area contributed by atoms with Crippen LogP contribution in [0.3, 0.4) is 0 Å². The fourth-order valence-electron chi connectivity index (χ4n) is 2.04. The third-order valence-electron chi connectivity index (χ3n) is 3.50. The van der Waals surface area contributed by atoms with E-state index in [0.29, 0.717) is 25.4 Å². The molecule has 0 aromatic heterocycles. The van der Waals surface area contributed by atoms with Crippen LogP contribution in [-0.2, 0) is 6.54 Å². The molecule has 0 aliphatic heterocycles. The number of ether oxygens (including phenoxy) is 1. The highest BCUT2D eigenvalue weighted by molar-refractivity contribution is 5.73. The SMILES string of the molecule is COc1ccc(CNC(=O)NCC[C@@H](O)C2CC2)cc1. The molecule has 0 radical (unpaired) electrons. The molecule has 5 heteroatoms. The molecule has 1 fully saturated rings. The van der Waals surface area contributed by atoms with Crippen LogP contribution in [0.25, 0.3) is 0 Å². The Morgan fingerprint density at radius 1 is 1.35 bits per heavy atom. The van der Waals surface area contributed by atoms with E-state index in [1.54, 1.807) is 7.11 Å². The first-order valence-corrected chi connectivity index (χ1v) is 7.01. The summed E-state index contributed by atoms with van der Waals surface area (Å²) in [6.07, 6.45) is 2.59. The lowest BCUT2D eigenvalue weighted by atomic mass is 10.2. The van der Waals surface area contributed by atoms with E-state index in [9.17, 15) is 9.90 Å². The average Bonchev–Trinajstić information content (AvgIpc) is 3.30. The van der Waals surface area contributed by atoms with E-state index >= 15 is 0 Å². The number of hydrogen-bond donors (Lipinski definition) is 3. The van der Waals surface area contributed by atoms with E-state index in [2.05, 4.69) is 10.6 Å². The first kappa shape index (κ1) is 14.7. The molecule has 0 bridgehead atoms. The summed E-state index contributed by atoms with van der Waals surface area (Å²) in [5.41, 5.74) is 1.01. The van der Waals surface area contributed by atoms with E-state index in [-0.39, 0.29) is 12.1 Å². The number of aliphatic hydroxyl groups is 1. The Hall–Kier alpha value is -1.75. The lowest BCUT2D eigenvalue weighted by Crippen LogP contribution is -2.36. The molecular weight excluding hydrogens is 256 g/mol. The first-order chi connectivity index (χ1) is 9.69. The molecule has 1 aromatic carbocycles. The molecule has 3 N–H and O–H groups in total. The van der Waals surface area contributed by atoms with Gasteiger partial charge in [0.05, 0.1) is 13.2 Å². The molecule has 0 spiro atoms. The summed E-state index contributed by atoms with van der Waals surface area (Å²) in [5.74, 6) is 1.26. The van der Waals surface area contributed by atoms with Crippen LogP contribution in [-0.4, -0.2) is 30.9 Å². The van der Waals surface area contributed by atoms with Crippen LogP contribution in [0.15, 0.2) is 24.3 Å². The van der Waals surface area contributed by atoms with Gasteiger partial charge in [0.2, 0.25) is 0 Å². The Balaban J connectivity index is 1.61. The van der Waals surface area contributed by atoms with E-state index in [1.165, 1.54) is 0 Å². The average molecular weight is 278 g/mol. The maximum atomic E-state index is 11.6. The molecule has 1 atom stereocenters. The minimum Gasteiger partial charge on any atom is -0.497 e. The fourth-order valence-corrected chi connectivity index (χ4v) is 2.04. The van der Waals surface area contributed by atoms with Crippen molar-refractivity contribution >= 4 is 6.03 Å². The van der Waals surface area contributed by atoms with Crippen molar-refractivity contribution < 1.29 is 14.6 Å². The van der Waals surface area contributed by atoms with E-state index in [1.807, 2.05) is 24.3 Å². The number of urea groups is 1. The summed E-state index contributed by atoms with van der Waals surface area (Å²) in [6, 6.07) is 7.34. The second-order valence-corrected chi connectivity index (χ2v) is 5.15. The summed E-state index contributed by atoms with van der Waals surface area (Å²) in [5, 5.41) is 15.2. The van der Waals surface area contributed by atoms with Crippen LogP contribution in [0.5, 0.6) is 5.75 Å². The molecule has 1 aromatic rings. The summed E-state index contributed by atoms with van der Waals surface area (Å²) in [7, 11) is 1.62. The number of carbonyl (C=O) groups excluding carboxylic acids is 1. The second-order valence-electron chi connectivity index (χ2n) is 5.15. The number of nitrogens with one attached hydrogen (secondary N) is 2. The fraction of sp³-hybridized carbons (Fsp3) is 0.533. The monoisotopic (exact) mass is 278 g/mol. The Morgan fingerprint density at radius 3 is 2.65 bits per heavy atom. The van der Waals surface area contributed by atoms with Gasteiger partial charge in [-0.3, -0.25) is 0 Å². The van der Waals surface area contributed by atoms with Crippen molar-refractivity contribution in [3.05, 3.63) is 29.8 Å². The number of benzene rings is 1. The third-order valence-corrected chi connectivity index (χ3v) is 3.50.